The molecule has 1 aromatic carbocycles. The molecule has 0 saturated carbocycles. The molecule has 1 heterocycles. The molecule has 0 radical (unpaired) electrons. The first-order valence-corrected chi connectivity index (χ1v) is 6.17. The van der Waals surface area contributed by atoms with E-state index in [9.17, 15) is 9.59 Å². The number of carbonyl (C=O) groups is 2. The van der Waals surface area contributed by atoms with E-state index >= 15 is 0 Å². The summed E-state index contributed by atoms with van der Waals surface area (Å²) in [4.78, 5) is 24.2. The van der Waals surface area contributed by atoms with Crippen molar-refractivity contribution in [3.05, 3.63) is 36.1 Å². The van der Waals surface area contributed by atoms with Gasteiger partial charge >= 0.3 is 5.97 Å². The number of benzene rings is 1. The summed E-state index contributed by atoms with van der Waals surface area (Å²) < 4.78 is 10.4. The highest BCUT2D eigenvalue weighted by molar-refractivity contribution is 6.11. The Balaban J connectivity index is 2.35. The third-order valence-electron chi connectivity index (χ3n) is 3.00. The Bertz CT molecular complexity index is 589. The van der Waals surface area contributed by atoms with Gasteiger partial charge in [0.15, 0.2) is 5.76 Å². The number of esters is 1. The predicted octanol–water partition coefficient (Wildman–Crippen LogP) is 3.20. The van der Waals surface area contributed by atoms with Gasteiger partial charge in [-0.15, -0.1) is 0 Å². The highest BCUT2D eigenvalue weighted by Crippen LogP contribution is 2.27. The van der Waals surface area contributed by atoms with E-state index in [1.54, 1.807) is 32.9 Å². The van der Waals surface area contributed by atoms with Crippen LogP contribution in [-0.2, 0) is 9.53 Å². The average Bonchev–Trinajstić information content (AvgIpc) is 2.81. The van der Waals surface area contributed by atoms with Gasteiger partial charge in [0.1, 0.15) is 11.0 Å². The number of carbonyl (C=O) groups excluding carboxylic acids is 2. The largest absolute Gasteiger partial charge is 0.465 e. The lowest BCUT2D eigenvalue weighted by Gasteiger charge is -2.19. The lowest BCUT2D eigenvalue weighted by atomic mass is 9.87. The number of ketones is 1. The first-order chi connectivity index (χ1) is 8.96. The molecule has 100 valence electrons. The van der Waals surface area contributed by atoms with Crippen LogP contribution in [0.3, 0.4) is 0 Å². The standard InChI is InChI=1S/C15H16O4/c1-4-18-14(17)15(2,3)13(16)12-9-10-7-5-6-8-11(10)19-12/h5-9H,4H2,1-3H3. The van der Waals surface area contributed by atoms with Crippen molar-refractivity contribution in [1.29, 1.82) is 0 Å². The number of ether oxygens (including phenoxy) is 1. The summed E-state index contributed by atoms with van der Waals surface area (Å²) >= 11 is 0. The number of hydrogen-bond donors (Lipinski definition) is 0. The SMILES string of the molecule is CCOC(=O)C(C)(C)C(=O)c1cc2ccccc2o1. The van der Waals surface area contributed by atoms with Crippen molar-refractivity contribution in [2.75, 3.05) is 6.61 Å². The minimum absolute atomic E-state index is 0.180. The van der Waals surface area contributed by atoms with E-state index in [2.05, 4.69) is 0 Å². The summed E-state index contributed by atoms with van der Waals surface area (Å²) in [6, 6.07) is 8.98. The molecule has 2 rings (SSSR count). The molecule has 0 unspecified atom stereocenters. The Morgan fingerprint density at radius 1 is 1.26 bits per heavy atom. The summed E-state index contributed by atoms with van der Waals surface area (Å²) in [5, 5.41) is 0.838. The van der Waals surface area contributed by atoms with E-state index in [1.165, 1.54) is 0 Å². The van der Waals surface area contributed by atoms with Crippen molar-refractivity contribution in [3.8, 4) is 0 Å². The third kappa shape index (κ3) is 2.38. The van der Waals surface area contributed by atoms with Crippen molar-refractivity contribution in [2.24, 2.45) is 5.41 Å². The summed E-state index contributed by atoms with van der Waals surface area (Å²) in [7, 11) is 0. The molecule has 4 nitrogen and oxygen atoms in total. The van der Waals surface area contributed by atoms with E-state index in [-0.39, 0.29) is 18.2 Å². The quantitative estimate of drug-likeness (QED) is 0.481. The number of Topliss-reactive ketones (excluding diaryl/α,β-unsaturated/α-hetero) is 1. The van der Waals surface area contributed by atoms with E-state index in [1.807, 2.05) is 18.2 Å². The van der Waals surface area contributed by atoms with Crippen molar-refractivity contribution in [3.63, 3.8) is 0 Å². The van der Waals surface area contributed by atoms with Crippen LogP contribution in [0.4, 0.5) is 0 Å². The number of furan rings is 1. The van der Waals surface area contributed by atoms with Gasteiger partial charge in [-0.3, -0.25) is 9.59 Å². The molecule has 0 N–H and O–H groups in total. The second-order valence-electron chi connectivity index (χ2n) is 4.82. The van der Waals surface area contributed by atoms with Crippen LogP contribution in [0.5, 0.6) is 0 Å². The van der Waals surface area contributed by atoms with Gasteiger partial charge in [0.2, 0.25) is 5.78 Å². The minimum atomic E-state index is -1.25. The van der Waals surface area contributed by atoms with Crippen molar-refractivity contribution < 1.29 is 18.7 Å². The van der Waals surface area contributed by atoms with Gasteiger partial charge in [-0.05, 0) is 32.9 Å². The molecule has 0 bridgehead atoms. The van der Waals surface area contributed by atoms with Crippen LogP contribution in [-0.4, -0.2) is 18.4 Å². The molecule has 0 amide bonds. The summed E-state index contributed by atoms with van der Waals surface area (Å²) in [6.07, 6.45) is 0. The number of fused-ring (bicyclic) bond motifs is 1. The lowest BCUT2D eigenvalue weighted by molar-refractivity contribution is -0.150. The monoisotopic (exact) mass is 260 g/mol. The second kappa shape index (κ2) is 4.88. The molecule has 1 aromatic heterocycles. The summed E-state index contributed by atoms with van der Waals surface area (Å²) in [5.74, 6) is -0.734. The van der Waals surface area contributed by atoms with Crippen molar-refractivity contribution >= 4 is 22.7 Å². The smallest absolute Gasteiger partial charge is 0.319 e. The molecule has 0 aliphatic rings. The Labute approximate surface area is 111 Å². The Morgan fingerprint density at radius 2 is 1.95 bits per heavy atom. The van der Waals surface area contributed by atoms with Crippen LogP contribution >= 0.6 is 0 Å². The van der Waals surface area contributed by atoms with Crippen molar-refractivity contribution in [2.45, 2.75) is 20.8 Å². The van der Waals surface area contributed by atoms with Crippen LogP contribution in [0.15, 0.2) is 34.7 Å². The van der Waals surface area contributed by atoms with Gasteiger partial charge in [-0.2, -0.15) is 0 Å². The van der Waals surface area contributed by atoms with Gasteiger partial charge in [-0.25, -0.2) is 0 Å². The van der Waals surface area contributed by atoms with Crippen molar-refractivity contribution in [1.82, 2.24) is 0 Å². The molecular formula is C15H16O4. The molecule has 4 heteroatoms. The third-order valence-corrected chi connectivity index (χ3v) is 3.00. The van der Waals surface area contributed by atoms with E-state index in [0.29, 0.717) is 5.58 Å². The first-order valence-electron chi connectivity index (χ1n) is 6.17. The molecule has 0 spiro atoms. The Kier molecular flexibility index (Phi) is 3.42. The fourth-order valence-electron chi connectivity index (χ4n) is 1.81. The number of para-hydroxylation sites is 1. The zero-order valence-corrected chi connectivity index (χ0v) is 11.2. The highest BCUT2D eigenvalue weighted by Gasteiger charge is 2.39. The van der Waals surface area contributed by atoms with Gasteiger partial charge in [0.05, 0.1) is 6.61 Å². The summed E-state index contributed by atoms with van der Waals surface area (Å²) in [6.45, 7) is 5.04. The normalized spacial score (nSPS) is 11.5. The summed E-state index contributed by atoms with van der Waals surface area (Å²) in [5.41, 5.74) is -0.616. The maximum absolute atomic E-state index is 12.4. The maximum atomic E-state index is 12.4. The molecule has 0 saturated heterocycles. The van der Waals surface area contributed by atoms with Crippen LogP contribution in [0.1, 0.15) is 31.3 Å². The van der Waals surface area contributed by atoms with Gasteiger partial charge < -0.3 is 9.15 Å². The lowest BCUT2D eigenvalue weighted by Crippen LogP contribution is -2.35. The topological polar surface area (TPSA) is 56.5 Å². The fourth-order valence-corrected chi connectivity index (χ4v) is 1.81. The van der Waals surface area contributed by atoms with Gasteiger partial charge in [0, 0.05) is 5.39 Å². The van der Waals surface area contributed by atoms with Gasteiger partial charge in [-0.1, -0.05) is 18.2 Å². The number of rotatable bonds is 4. The van der Waals surface area contributed by atoms with Crippen LogP contribution in [0, 0.1) is 5.41 Å². The van der Waals surface area contributed by atoms with E-state index in [0.717, 1.165) is 5.39 Å². The predicted molar refractivity (Wildman–Crippen MR) is 71.0 cm³/mol. The molecular weight excluding hydrogens is 244 g/mol. The molecule has 19 heavy (non-hydrogen) atoms. The first kappa shape index (κ1) is 13.3. The molecule has 0 aliphatic heterocycles. The molecule has 0 fully saturated rings. The zero-order valence-electron chi connectivity index (χ0n) is 11.2. The zero-order chi connectivity index (χ0) is 14.0. The van der Waals surface area contributed by atoms with Crippen LogP contribution < -0.4 is 0 Å². The Morgan fingerprint density at radius 3 is 2.58 bits per heavy atom. The second-order valence-corrected chi connectivity index (χ2v) is 4.82. The maximum Gasteiger partial charge on any atom is 0.319 e. The molecule has 2 aromatic rings. The van der Waals surface area contributed by atoms with Crippen LogP contribution in [0.25, 0.3) is 11.0 Å². The Hall–Kier alpha value is -2.10. The van der Waals surface area contributed by atoms with E-state index < -0.39 is 11.4 Å². The fraction of sp³-hybridized carbons (Fsp3) is 0.333. The van der Waals surface area contributed by atoms with Gasteiger partial charge in [0.25, 0.3) is 0 Å². The van der Waals surface area contributed by atoms with E-state index in [4.69, 9.17) is 9.15 Å². The average molecular weight is 260 g/mol. The molecule has 0 aliphatic carbocycles. The minimum Gasteiger partial charge on any atom is -0.465 e. The molecule has 0 atom stereocenters. The highest BCUT2D eigenvalue weighted by atomic mass is 16.5. The van der Waals surface area contributed by atoms with Crippen LogP contribution in [0.2, 0.25) is 0 Å². The number of hydrogen-bond acceptors (Lipinski definition) is 4.